The lowest BCUT2D eigenvalue weighted by Crippen LogP contribution is -2.61. The van der Waals surface area contributed by atoms with Crippen LogP contribution in [0.3, 0.4) is 0 Å². The van der Waals surface area contributed by atoms with E-state index in [4.69, 9.17) is 23.7 Å². The number of hydrogen-bond acceptors (Lipinski definition) is 12. The molecular weight excluding hydrogens is 456 g/mol. The average Bonchev–Trinajstić information content (AvgIpc) is 2.95. The van der Waals surface area contributed by atoms with Crippen LogP contribution in [0.2, 0.25) is 0 Å². The Morgan fingerprint density at radius 1 is 1.03 bits per heavy atom. The van der Waals surface area contributed by atoms with Gasteiger partial charge in [-0.2, -0.15) is 0 Å². The molecule has 12 nitrogen and oxygen atoms in total. The lowest BCUT2D eigenvalue weighted by atomic mass is 9.82. The van der Waals surface area contributed by atoms with Gasteiger partial charge in [-0.25, -0.2) is 4.79 Å². The third-order valence-electron chi connectivity index (χ3n) is 7.20. The fourth-order valence-electron chi connectivity index (χ4n) is 5.38. The van der Waals surface area contributed by atoms with Gasteiger partial charge in [-0.15, -0.1) is 0 Å². The van der Waals surface area contributed by atoms with Gasteiger partial charge in [0.2, 0.25) is 0 Å². The summed E-state index contributed by atoms with van der Waals surface area (Å²) in [4.78, 5) is 12.7. The summed E-state index contributed by atoms with van der Waals surface area (Å²) in [5.74, 6) is -2.23. The zero-order valence-corrected chi connectivity index (χ0v) is 18.0. The van der Waals surface area contributed by atoms with Crippen LogP contribution in [-0.4, -0.2) is 111 Å². The van der Waals surface area contributed by atoms with E-state index in [0.29, 0.717) is 0 Å². The number of carbonyl (C=O) groups excluding carboxylic acids is 1. The summed E-state index contributed by atoms with van der Waals surface area (Å²) in [5, 5.41) is 62.2. The molecule has 12 atom stereocenters. The number of fused-ring (bicyclic) bond motifs is 2. The SMILES string of the molecule is O=C(O[C@H]1[C@@H]2C[C@@H]3OCC(O)([C@H]2[C@H](O[C@@H]2O[C@H](CO)[C@@H](O)[C@H](O)[C@H]2O)O3)[C@@H]1O)c1ccccc1. The molecule has 0 spiro atoms. The van der Waals surface area contributed by atoms with Gasteiger partial charge in [0.25, 0.3) is 0 Å². The van der Waals surface area contributed by atoms with Crippen molar-refractivity contribution in [1.82, 2.24) is 0 Å². The minimum absolute atomic E-state index is 0.200. The van der Waals surface area contributed by atoms with E-state index in [-0.39, 0.29) is 18.6 Å². The van der Waals surface area contributed by atoms with Gasteiger partial charge in [0, 0.05) is 12.3 Å². The molecular formula is C22H28O12. The van der Waals surface area contributed by atoms with Crippen molar-refractivity contribution in [2.24, 2.45) is 11.8 Å². The van der Waals surface area contributed by atoms with Crippen molar-refractivity contribution >= 4 is 5.97 Å². The number of hydrogen-bond donors (Lipinski definition) is 6. The van der Waals surface area contributed by atoms with Gasteiger partial charge in [-0.3, -0.25) is 0 Å². The topological polar surface area (TPSA) is 185 Å². The fraction of sp³-hybridized carbons (Fsp3) is 0.682. The number of benzene rings is 1. The van der Waals surface area contributed by atoms with Crippen LogP contribution in [0, 0.1) is 11.8 Å². The summed E-state index contributed by atoms with van der Waals surface area (Å²) >= 11 is 0. The molecule has 1 unspecified atom stereocenters. The third-order valence-corrected chi connectivity index (χ3v) is 7.20. The Kier molecular flexibility index (Phi) is 6.40. The fourth-order valence-corrected chi connectivity index (χ4v) is 5.38. The number of carbonyl (C=O) groups is 1. The summed E-state index contributed by atoms with van der Waals surface area (Å²) in [6.07, 6.45) is -12.2. The zero-order valence-electron chi connectivity index (χ0n) is 18.0. The first-order chi connectivity index (χ1) is 16.2. The normalized spacial score (nSPS) is 47.9. The molecule has 4 aliphatic heterocycles. The van der Waals surface area contributed by atoms with Crippen molar-refractivity contribution < 1.29 is 59.1 Å². The molecule has 4 heterocycles. The second-order valence-electron chi connectivity index (χ2n) is 9.18. The van der Waals surface area contributed by atoms with E-state index in [1.165, 1.54) is 0 Å². The first-order valence-electron chi connectivity index (χ1n) is 11.1. The summed E-state index contributed by atoms with van der Waals surface area (Å²) < 4.78 is 28.1. The maximum absolute atomic E-state index is 12.7. The number of aliphatic hydroxyl groups excluding tert-OH is 5. The molecule has 4 saturated heterocycles. The van der Waals surface area contributed by atoms with E-state index in [2.05, 4.69) is 0 Å². The highest BCUT2D eigenvalue weighted by Gasteiger charge is 2.69. The van der Waals surface area contributed by atoms with Crippen LogP contribution < -0.4 is 0 Å². The molecule has 0 radical (unpaired) electrons. The Hall–Kier alpha value is -1.71. The molecule has 34 heavy (non-hydrogen) atoms. The number of aliphatic hydroxyl groups is 6. The van der Waals surface area contributed by atoms with Crippen molar-refractivity contribution in [3.8, 4) is 0 Å². The van der Waals surface area contributed by atoms with Crippen LogP contribution in [0.1, 0.15) is 16.8 Å². The quantitative estimate of drug-likeness (QED) is 0.241. The highest BCUT2D eigenvalue weighted by Crippen LogP contribution is 2.53. The molecule has 5 aliphatic rings. The minimum Gasteiger partial charge on any atom is -0.456 e. The summed E-state index contributed by atoms with van der Waals surface area (Å²) in [7, 11) is 0. The van der Waals surface area contributed by atoms with E-state index in [0.717, 1.165) is 0 Å². The third kappa shape index (κ3) is 3.84. The van der Waals surface area contributed by atoms with Crippen LogP contribution in [0.4, 0.5) is 0 Å². The largest absolute Gasteiger partial charge is 0.456 e. The van der Waals surface area contributed by atoms with Crippen LogP contribution in [0.5, 0.6) is 0 Å². The van der Waals surface area contributed by atoms with E-state index >= 15 is 0 Å². The summed E-state index contributed by atoms with van der Waals surface area (Å²) in [6, 6.07) is 8.23. The van der Waals surface area contributed by atoms with Gasteiger partial charge in [0.15, 0.2) is 18.9 Å². The maximum atomic E-state index is 12.7. The molecule has 5 fully saturated rings. The molecule has 188 valence electrons. The second-order valence-corrected chi connectivity index (χ2v) is 9.18. The number of rotatable bonds is 5. The van der Waals surface area contributed by atoms with E-state index < -0.39 is 85.5 Å². The number of ether oxygens (including phenoxy) is 5. The second kappa shape index (κ2) is 9.06. The molecule has 0 amide bonds. The average molecular weight is 484 g/mol. The molecule has 1 aliphatic carbocycles. The Labute approximate surface area is 194 Å². The molecule has 12 heteroatoms. The minimum atomic E-state index is -1.91. The van der Waals surface area contributed by atoms with Gasteiger partial charge in [-0.05, 0) is 12.1 Å². The Bertz CT molecular complexity index is 882. The number of esters is 1. The molecule has 0 aromatic heterocycles. The van der Waals surface area contributed by atoms with Crippen LogP contribution in [0.25, 0.3) is 0 Å². The van der Waals surface area contributed by atoms with Gasteiger partial charge in [-0.1, -0.05) is 18.2 Å². The van der Waals surface area contributed by atoms with Crippen molar-refractivity contribution in [3.63, 3.8) is 0 Å². The van der Waals surface area contributed by atoms with Crippen LogP contribution in [0.15, 0.2) is 30.3 Å². The van der Waals surface area contributed by atoms with E-state index in [1.54, 1.807) is 30.3 Å². The van der Waals surface area contributed by atoms with Crippen molar-refractivity contribution in [2.45, 2.75) is 67.5 Å². The van der Waals surface area contributed by atoms with Crippen LogP contribution >= 0.6 is 0 Å². The van der Waals surface area contributed by atoms with E-state index in [1.807, 2.05) is 0 Å². The monoisotopic (exact) mass is 484 g/mol. The van der Waals surface area contributed by atoms with Gasteiger partial charge in [0.1, 0.15) is 42.2 Å². The Morgan fingerprint density at radius 2 is 1.76 bits per heavy atom. The standard InChI is InChI=1S/C22H28O12/c23-7-11-14(24)15(25)16(26)21(31-11)34-20-13-10-6-12(32-20)30-8-22(13,29)18(27)17(10)33-19(28)9-4-2-1-3-5-9/h1-5,10-18,20-21,23-27,29H,6-8H2/t10-,11-,12-,13-,14-,15+,16-,17+,18-,20+,21+,22?/m1/s1. The lowest BCUT2D eigenvalue weighted by molar-refractivity contribution is -0.370. The van der Waals surface area contributed by atoms with Crippen LogP contribution in [-0.2, 0) is 23.7 Å². The molecule has 1 aromatic carbocycles. The molecule has 1 aromatic rings. The highest BCUT2D eigenvalue weighted by atomic mass is 16.8. The first-order valence-corrected chi connectivity index (χ1v) is 11.1. The molecule has 6 N–H and O–H groups in total. The van der Waals surface area contributed by atoms with Gasteiger partial charge < -0.3 is 54.3 Å². The zero-order chi connectivity index (χ0) is 24.2. The summed E-state index contributed by atoms with van der Waals surface area (Å²) in [6.45, 7) is -0.956. The summed E-state index contributed by atoms with van der Waals surface area (Å²) in [5.41, 5.74) is -1.62. The van der Waals surface area contributed by atoms with Gasteiger partial charge >= 0.3 is 5.97 Å². The van der Waals surface area contributed by atoms with Crippen molar-refractivity contribution in [3.05, 3.63) is 35.9 Å². The molecule has 6 rings (SSSR count). The smallest absolute Gasteiger partial charge is 0.338 e. The first kappa shape index (κ1) is 24.0. The lowest BCUT2D eigenvalue weighted by Gasteiger charge is -2.44. The predicted molar refractivity (Wildman–Crippen MR) is 108 cm³/mol. The Morgan fingerprint density at radius 3 is 2.47 bits per heavy atom. The Balaban J connectivity index is 1.38. The van der Waals surface area contributed by atoms with E-state index in [9.17, 15) is 35.4 Å². The van der Waals surface area contributed by atoms with Crippen molar-refractivity contribution in [1.29, 1.82) is 0 Å². The maximum Gasteiger partial charge on any atom is 0.338 e. The highest BCUT2D eigenvalue weighted by molar-refractivity contribution is 5.89. The predicted octanol–water partition coefficient (Wildman–Crippen LogP) is -2.53. The van der Waals surface area contributed by atoms with Gasteiger partial charge in [0.05, 0.1) is 24.7 Å². The molecule has 4 bridgehead atoms. The molecule has 1 saturated carbocycles. The van der Waals surface area contributed by atoms with Crippen molar-refractivity contribution in [2.75, 3.05) is 13.2 Å².